The van der Waals surface area contributed by atoms with Crippen LogP contribution in [0.4, 0.5) is 15.8 Å². The second kappa shape index (κ2) is 11.4. The summed E-state index contributed by atoms with van der Waals surface area (Å²) in [4.78, 5) is 39.9. The maximum atomic E-state index is 13.8. The fourth-order valence-electron chi connectivity index (χ4n) is 3.30. The first kappa shape index (κ1) is 25.6. The lowest BCUT2D eigenvalue weighted by Crippen LogP contribution is -2.44. The largest absolute Gasteiger partial charge is 0.497 e. The van der Waals surface area contributed by atoms with E-state index in [0.29, 0.717) is 22.8 Å². The Morgan fingerprint density at radius 1 is 1.11 bits per heavy atom. The molecule has 0 radical (unpaired) electrons. The van der Waals surface area contributed by atoms with Crippen molar-refractivity contribution in [2.75, 3.05) is 38.0 Å². The van der Waals surface area contributed by atoms with E-state index in [0.717, 1.165) is 17.0 Å². The highest BCUT2D eigenvalue weighted by molar-refractivity contribution is 7.09. The maximum absolute atomic E-state index is 13.8. The van der Waals surface area contributed by atoms with Gasteiger partial charge in [-0.3, -0.25) is 19.3 Å². The molecule has 0 spiro atoms. The van der Waals surface area contributed by atoms with Crippen LogP contribution in [0.15, 0.2) is 48.5 Å². The van der Waals surface area contributed by atoms with E-state index >= 15 is 0 Å². The summed E-state index contributed by atoms with van der Waals surface area (Å²) in [5, 5.41) is 2.74. The average Bonchev–Trinajstić information content (AvgIpc) is 3.24. The van der Waals surface area contributed by atoms with Crippen LogP contribution < -0.4 is 26.4 Å². The van der Waals surface area contributed by atoms with Crippen molar-refractivity contribution in [3.05, 3.63) is 70.5 Å². The summed E-state index contributed by atoms with van der Waals surface area (Å²) in [6.07, 6.45) is 0. The Balaban J connectivity index is 2.16. The zero-order chi connectivity index (χ0) is 25.5. The number of nitrogens with one attached hydrogen (secondary N) is 1. The number of nitrogen functional groups attached to an aromatic ring is 1. The molecule has 0 unspecified atom stereocenters. The molecule has 3 aromatic rings. The standard InChI is InChI=1S/C23H24FN5O5S/c1-33-12-11-27-22(31)19(13-3-9-16(34-2)10-4-13)29(15-7-5-14(24)6-8-15)23(32)20-17(25)18(21(26)30)28-35-20/h3-10,19H,11-12,25H2,1-2H3,(H2,26,30)(H,27,31)/t19-/m1/s1. The summed E-state index contributed by atoms with van der Waals surface area (Å²) >= 11 is 0.678. The average molecular weight is 502 g/mol. The van der Waals surface area contributed by atoms with E-state index in [-0.39, 0.29) is 35.1 Å². The normalized spacial score (nSPS) is 11.5. The Bertz CT molecular complexity index is 1200. The number of nitrogens with zero attached hydrogens (tertiary/aromatic N) is 2. The molecule has 0 bridgehead atoms. The van der Waals surface area contributed by atoms with Crippen LogP contribution in [0.2, 0.25) is 0 Å². The Morgan fingerprint density at radius 3 is 2.31 bits per heavy atom. The van der Waals surface area contributed by atoms with Crippen molar-refractivity contribution in [2.45, 2.75) is 6.04 Å². The number of methoxy groups -OCH3 is 2. The molecule has 1 heterocycles. The summed E-state index contributed by atoms with van der Waals surface area (Å²) in [6.45, 7) is 0.428. The van der Waals surface area contributed by atoms with Gasteiger partial charge in [-0.05, 0) is 53.5 Å². The van der Waals surface area contributed by atoms with E-state index in [1.165, 1.54) is 26.4 Å². The molecule has 0 fully saturated rings. The fourth-order valence-corrected chi connectivity index (χ4v) is 4.04. The number of amides is 3. The van der Waals surface area contributed by atoms with Crippen LogP contribution in [0.25, 0.3) is 0 Å². The minimum atomic E-state index is -1.20. The van der Waals surface area contributed by atoms with Crippen molar-refractivity contribution in [1.82, 2.24) is 9.69 Å². The van der Waals surface area contributed by atoms with E-state index in [1.807, 2.05) is 0 Å². The van der Waals surface area contributed by atoms with Gasteiger partial charge in [0.05, 0.1) is 19.4 Å². The van der Waals surface area contributed by atoms with E-state index in [9.17, 15) is 18.8 Å². The number of carbonyl (C=O) groups is 3. The van der Waals surface area contributed by atoms with Crippen LogP contribution in [-0.4, -0.2) is 49.5 Å². The summed E-state index contributed by atoms with van der Waals surface area (Å²) in [5.74, 6) is -2.12. The predicted octanol–water partition coefficient (Wildman–Crippen LogP) is 2.12. The Morgan fingerprint density at radius 2 is 1.77 bits per heavy atom. The van der Waals surface area contributed by atoms with Gasteiger partial charge < -0.3 is 26.3 Å². The van der Waals surface area contributed by atoms with Gasteiger partial charge in [0.25, 0.3) is 11.8 Å². The van der Waals surface area contributed by atoms with Crippen LogP contribution in [0, 0.1) is 5.82 Å². The van der Waals surface area contributed by atoms with Crippen molar-refractivity contribution in [3.8, 4) is 5.75 Å². The molecule has 12 heteroatoms. The van der Waals surface area contributed by atoms with Crippen LogP contribution in [-0.2, 0) is 9.53 Å². The number of benzene rings is 2. The SMILES string of the molecule is COCCNC(=O)[C@@H](c1ccc(OC)cc1)N(C(=O)c1snc(C(N)=O)c1N)c1ccc(F)cc1. The second-order valence-corrected chi connectivity index (χ2v) is 8.02. The third kappa shape index (κ3) is 5.73. The number of halogens is 1. The molecule has 0 aliphatic heterocycles. The Hall–Kier alpha value is -4.03. The molecule has 3 amide bonds. The van der Waals surface area contributed by atoms with Gasteiger partial charge in [-0.2, -0.15) is 4.37 Å². The van der Waals surface area contributed by atoms with Gasteiger partial charge in [-0.1, -0.05) is 12.1 Å². The molecule has 35 heavy (non-hydrogen) atoms. The summed E-state index contributed by atoms with van der Waals surface area (Å²) < 4.78 is 27.8. The van der Waals surface area contributed by atoms with Crippen molar-refractivity contribution >= 4 is 40.6 Å². The summed E-state index contributed by atoms with van der Waals surface area (Å²) in [5.41, 5.74) is 11.5. The van der Waals surface area contributed by atoms with Crippen LogP contribution >= 0.6 is 11.5 Å². The lowest BCUT2D eigenvalue weighted by atomic mass is 10.0. The van der Waals surface area contributed by atoms with Crippen molar-refractivity contribution in [2.24, 2.45) is 5.73 Å². The topological polar surface area (TPSA) is 150 Å². The van der Waals surface area contributed by atoms with Crippen molar-refractivity contribution < 1.29 is 28.2 Å². The smallest absolute Gasteiger partial charge is 0.273 e. The Labute approximate surface area is 204 Å². The molecule has 0 saturated carbocycles. The fraction of sp³-hybridized carbons (Fsp3) is 0.217. The van der Waals surface area contributed by atoms with E-state index < -0.39 is 29.6 Å². The zero-order valence-corrected chi connectivity index (χ0v) is 19.8. The van der Waals surface area contributed by atoms with Gasteiger partial charge in [-0.15, -0.1) is 0 Å². The minimum Gasteiger partial charge on any atom is -0.497 e. The van der Waals surface area contributed by atoms with Crippen molar-refractivity contribution in [3.63, 3.8) is 0 Å². The molecular formula is C23H24FN5O5S. The number of primary amides is 1. The first-order chi connectivity index (χ1) is 16.8. The molecule has 10 nitrogen and oxygen atoms in total. The number of rotatable bonds is 10. The highest BCUT2D eigenvalue weighted by Crippen LogP contribution is 2.33. The van der Waals surface area contributed by atoms with Gasteiger partial charge in [0, 0.05) is 19.3 Å². The van der Waals surface area contributed by atoms with Gasteiger partial charge >= 0.3 is 0 Å². The number of ether oxygens (including phenoxy) is 2. The number of anilines is 2. The minimum absolute atomic E-state index is 0.0914. The molecular weight excluding hydrogens is 477 g/mol. The number of nitrogens with two attached hydrogens (primary N) is 2. The van der Waals surface area contributed by atoms with Gasteiger partial charge in [0.1, 0.15) is 22.5 Å². The lowest BCUT2D eigenvalue weighted by molar-refractivity contribution is -0.122. The predicted molar refractivity (Wildman–Crippen MR) is 129 cm³/mol. The molecule has 184 valence electrons. The highest BCUT2D eigenvalue weighted by Gasteiger charge is 2.36. The maximum Gasteiger partial charge on any atom is 0.273 e. The van der Waals surface area contributed by atoms with E-state index in [2.05, 4.69) is 9.69 Å². The quantitative estimate of drug-likeness (QED) is 0.360. The summed E-state index contributed by atoms with van der Waals surface area (Å²) in [7, 11) is 2.99. The second-order valence-electron chi connectivity index (χ2n) is 7.25. The summed E-state index contributed by atoms with van der Waals surface area (Å²) in [6, 6.07) is 10.4. The van der Waals surface area contributed by atoms with Crippen molar-refractivity contribution in [1.29, 1.82) is 0 Å². The zero-order valence-electron chi connectivity index (χ0n) is 19.0. The van der Waals surface area contributed by atoms with Gasteiger partial charge in [0.15, 0.2) is 5.69 Å². The third-order valence-corrected chi connectivity index (χ3v) is 5.87. The lowest BCUT2D eigenvalue weighted by Gasteiger charge is -2.31. The molecule has 3 rings (SSSR count). The molecule has 1 aromatic heterocycles. The van der Waals surface area contributed by atoms with Gasteiger partial charge in [0.2, 0.25) is 5.91 Å². The number of carbonyl (C=O) groups excluding carboxylic acids is 3. The first-order valence-electron chi connectivity index (χ1n) is 10.3. The third-order valence-electron chi connectivity index (χ3n) is 5.02. The van der Waals surface area contributed by atoms with Gasteiger partial charge in [-0.25, -0.2) is 4.39 Å². The van der Waals surface area contributed by atoms with E-state index in [1.54, 1.807) is 24.3 Å². The molecule has 0 aliphatic rings. The molecule has 5 N–H and O–H groups in total. The van der Waals surface area contributed by atoms with Crippen LogP contribution in [0.1, 0.15) is 31.8 Å². The number of hydrogen-bond donors (Lipinski definition) is 3. The number of aromatic nitrogens is 1. The molecule has 0 saturated heterocycles. The van der Waals surface area contributed by atoms with E-state index in [4.69, 9.17) is 20.9 Å². The first-order valence-corrected chi connectivity index (χ1v) is 11.1. The molecule has 0 aliphatic carbocycles. The Kier molecular flexibility index (Phi) is 8.34. The molecule has 1 atom stereocenters. The number of hydrogen-bond acceptors (Lipinski definition) is 8. The van der Waals surface area contributed by atoms with Crippen LogP contribution in [0.3, 0.4) is 0 Å². The van der Waals surface area contributed by atoms with Crippen LogP contribution in [0.5, 0.6) is 5.75 Å². The molecule has 2 aromatic carbocycles. The highest BCUT2D eigenvalue weighted by atomic mass is 32.1. The monoisotopic (exact) mass is 501 g/mol.